The Morgan fingerprint density at radius 3 is 2.33 bits per heavy atom. The number of hydrogen-bond acceptors (Lipinski definition) is 9. The van der Waals surface area contributed by atoms with Crippen LogP contribution in [0.3, 0.4) is 0 Å². The lowest BCUT2D eigenvalue weighted by Crippen LogP contribution is -2.49. The predicted octanol–water partition coefficient (Wildman–Crippen LogP) is 7.07. The minimum absolute atomic E-state index is 0.0651. The molecule has 1 aliphatic carbocycles. The smallest absolute Gasteiger partial charge is 0.328 e. The second kappa shape index (κ2) is 15.9. The van der Waals surface area contributed by atoms with E-state index in [0.717, 1.165) is 140 Å². The molecule has 4 aliphatic heterocycles. The molecule has 14 heteroatoms. The van der Waals surface area contributed by atoms with Crippen molar-refractivity contribution in [2.45, 2.75) is 59.4 Å². The number of fused-ring (bicyclic) bond motifs is 4. The Kier molecular flexibility index (Phi) is 10.0. The Morgan fingerprint density at radius 1 is 0.766 bits per heavy atom. The van der Waals surface area contributed by atoms with E-state index >= 15 is 0 Å². The standard InChI is InChI=1S/C50H55N11O3/c1-32-38(5-4-6-41(32)61-24-23-60-42(48(61)63)25-35-27-50(2,3)28-43(35)60)46-39-26-40(54-47(39)53-31-52-46)34-7-12-44(51-29-34)58-21-19-56(20-22-58)30-33-13-16-57(17-14-33)36-8-10-37(11-9-36)59-18-15-45(62)55-49(59)64/h4-12,25-26,29,31,33H,13-24,27-28,30H2,1-3H3,(H,52,53,54)(H,55,62,64). The molecule has 6 aromatic rings. The Balaban J connectivity index is 0.703. The van der Waals surface area contributed by atoms with E-state index in [-0.39, 0.29) is 23.3 Å². The lowest BCUT2D eigenvalue weighted by molar-refractivity contribution is -0.120. The number of H-pyrrole nitrogens is 1. The number of nitrogens with one attached hydrogen (secondary N) is 2. The van der Waals surface area contributed by atoms with Gasteiger partial charge in [-0.2, -0.15) is 0 Å². The van der Waals surface area contributed by atoms with Gasteiger partial charge in [-0.1, -0.05) is 26.0 Å². The zero-order valence-electron chi connectivity index (χ0n) is 36.9. The number of piperidine rings is 1. The monoisotopic (exact) mass is 857 g/mol. The van der Waals surface area contributed by atoms with Gasteiger partial charge in [0.05, 0.1) is 5.69 Å². The molecule has 3 fully saturated rings. The molecule has 0 bridgehead atoms. The van der Waals surface area contributed by atoms with Crippen LogP contribution in [0.15, 0.2) is 79.3 Å². The number of nitrogens with zero attached hydrogens (tertiary/aromatic N) is 9. The van der Waals surface area contributed by atoms with E-state index in [0.29, 0.717) is 25.4 Å². The number of piperazine rings is 1. The molecule has 0 atom stereocenters. The van der Waals surface area contributed by atoms with E-state index in [2.05, 4.69) is 104 Å². The molecule has 4 aromatic heterocycles. The number of aromatic nitrogens is 5. The first kappa shape index (κ1) is 40.2. The topological polar surface area (TPSA) is 139 Å². The van der Waals surface area contributed by atoms with Crippen LogP contribution < -0.4 is 24.9 Å². The van der Waals surface area contributed by atoms with Gasteiger partial charge < -0.3 is 24.3 Å². The highest BCUT2D eigenvalue weighted by Gasteiger charge is 2.37. The van der Waals surface area contributed by atoms with Crippen molar-refractivity contribution >= 4 is 51.8 Å². The van der Waals surface area contributed by atoms with Crippen molar-refractivity contribution in [1.29, 1.82) is 0 Å². The Hall–Kier alpha value is -6.54. The largest absolute Gasteiger partial charge is 0.372 e. The van der Waals surface area contributed by atoms with Crippen LogP contribution in [-0.4, -0.2) is 106 Å². The van der Waals surface area contributed by atoms with Crippen molar-refractivity contribution in [3.63, 3.8) is 0 Å². The second-order valence-corrected chi connectivity index (χ2v) is 19.1. The molecular formula is C50H55N11O3. The molecule has 11 rings (SSSR count). The van der Waals surface area contributed by atoms with Crippen molar-refractivity contribution in [1.82, 2.24) is 34.7 Å². The number of pyridine rings is 1. The van der Waals surface area contributed by atoms with E-state index in [9.17, 15) is 14.4 Å². The van der Waals surface area contributed by atoms with Gasteiger partial charge in [0.25, 0.3) is 5.91 Å². The molecular weight excluding hydrogens is 803 g/mol. The lowest BCUT2D eigenvalue weighted by Gasteiger charge is -2.39. The van der Waals surface area contributed by atoms with Crippen LogP contribution in [-0.2, 0) is 24.2 Å². The van der Waals surface area contributed by atoms with Gasteiger partial charge in [0.2, 0.25) is 5.91 Å². The lowest BCUT2D eigenvalue weighted by atomic mass is 9.90. The summed E-state index contributed by atoms with van der Waals surface area (Å²) in [5.41, 5.74) is 12.2. The van der Waals surface area contributed by atoms with Gasteiger partial charge >= 0.3 is 6.03 Å². The number of urea groups is 1. The Morgan fingerprint density at radius 2 is 1.56 bits per heavy atom. The van der Waals surface area contributed by atoms with Gasteiger partial charge in [0.1, 0.15) is 23.5 Å². The molecule has 5 aliphatic rings. The zero-order valence-corrected chi connectivity index (χ0v) is 36.9. The van der Waals surface area contributed by atoms with Crippen LogP contribution in [0.1, 0.15) is 60.4 Å². The highest BCUT2D eigenvalue weighted by atomic mass is 16.2. The van der Waals surface area contributed by atoms with Crippen LogP contribution in [0.5, 0.6) is 0 Å². The highest BCUT2D eigenvalue weighted by molar-refractivity contribution is 6.08. The summed E-state index contributed by atoms with van der Waals surface area (Å²) in [6.07, 6.45) is 8.24. The zero-order chi connectivity index (χ0) is 43.7. The number of imide groups is 1. The fourth-order valence-corrected chi connectivity index (χ4v) is 10.9. The van der Waals surface area contributed by atoms with Crippen LogP contribution in [0.2, 0.25) is 0 Å². The molecule has 2 aromatic carbocycles. The van der Waals surface area contributed by atoms with Crippen LogP contribution in [0, 0.1) is 18.3 Å². The molecule has 4 amide bonds. The number of carbonyl (C=O) groups excluding carboxylic acids is 3. The minimum Gasteiger partial charge on any atom is -0.372 e. The highest BCUT2D eigenvalue weighted by Crippen LogP contribution is 2.41. The first-order chi connectivity index (χ1) is 31.0. The third-order valence-electron chi connectivity index (χ3n) is 14.4. The van der Waals surface area contributed by atoms with E-state index in [4.69, 9.17) is 9.97 Å². The van der Waals surface area contributed by atoms with Crippen molar-refractivity contribution in [3.05, 3.63) is 102 Å². The van der Waals surface area contributed by atoms with E-state index in [1.165, 1.54) is 16.9 Å². The maximum Gasteiger partial charge on any atom is 0.328 e. The van der Waals surface area contributed by atoms with Crippen LogP contribution >= 0.6 is 0 Å². The predicted molar refractivity (Wildman–Crippen MR) is 250 cm³/mol. The van der Waals surface area contributed by atoms with Crippen LogP contribution in [0.25, 0.3) is 33.5 Å². The number of benzene rings is 2. The number of amides is 4. The van der Waals surface area contributed by atoms with E-state index in [1.54, 1.807) is 11.2 Å². The molecule has 0 spiro atoms. The van der Waals surface area contributed by atoms with Gasteiger partial charge in [0, 0.05) is 123 Å². The van der Waals surface area contributed by atoms with E-state index in [1.807, 2.05) is 29.3 Å². The molecule has 0 radical (unpaired) electrons. The molecule has 2 N–H and O–H groups in total. The summed E-state index contributed by atoms with van der Waals surface area (Å²) >= 11 is 0. The molecule has 328 valence electrons. The molecule has 0 saturated carbocycles. The third-order valence-corrected chi connectivity index (χ3v) is 14.4. The summed E-state index contributed by atoms with van der Waals surface area (Å²) in [6, 6.07) is 22.5. The van der Waals surface area contributed by atoms with Gasteiger partial charge in [-0.15, -0.1) is 0 Å². The maximum atomic E-state index is 14.0. The van der Waals surface area contributed by atoms with Crippen LogP contribution in [0.4, 0.5) is 27.7 Å². The average Bonchev–Trinajstić information content (AvgIpc) is 3.98. The summed E-state index contributed by atoms with van der Waals surface area (Å²) in [6.45, 7) is 15.7. The second-order valence-electron chi connectivity index (χ2n) is 19.1. The summed E-state index contributed by atoms with van der Waals surface area (Å²) in [5, 5.41) is 3.33. The fourth-order valence-electron chi connectivity index (χ4n) is 10.9. The number of rotatable bonds is 8. The van der Waals surface area contributed by atoms with Crippen molar-refractivity contribution in [2.24, 2.45) is 11.3 Å². The first-order valence-electron chi connectivity index (χ1n) is 22.9. The number of carbonyl (C=O) groups is 3. The number of aromatic amines is 1. The summed E-state index contributed by atoms with van der Waals surface area (Å²) in [7, 11) is 0. The maximum absolute atomic E-state index is 14.0. The molecule has 64 heavy (non-hydrogen) atoms. The van der Waals surface area contributed by atoms with Crippen molar-refractivity contribution < 1.29 is 14.4 Å². The fraction of sp³-hybridized carbons (Fsp3) is 0.400. The summed E-state index contributed by atoms with van der Waals surface area (Å²) in [5.74, 6) is 1.51. The van der Waals surface area contributed by atoms with Gasteiger partial charge in [-0.3, -0.25) is 24.7 Å². The third kappa shape index (κ3) is 7.36. The SMILES string of the molecule is Cc1c(-c2ncnc3[nH]c(-c4ccc(N5CCN(CC6CCN(c7ccc(N8CCC(=O)NC8=O)cc7)CC6)CC5)nc4)cc23)cccc1N1CCn2c(cc3c2CC(C)(C)C3)C1=O. The van der Waals surface area contributed by atoms with Crippen molar-refractivity contribution in [3.8, 4) is 22.5 Å². The van der Waals surface area contributed by atoms with Gasteiger partial charge in [-0.05, 0) is 110 Å². The normalized spacial score (nSPS) is 19.4. The number of hydrogen-bond donors (Lipinski definition) is 2. The Bertz CT molecular complexity index is 2780. The number of anilines is 4. The minimum atomic E-state index is -0.349. The van der Waals surface area contributed by atoms with Crippen molar-refractivity contribution in [2.75, 3.05) is 78.5 Å². The molecule has 8 heterocycles. The average molecular weight is 858 g/mol. The van der Waals surface area contributed by atoms with E-state index < -0.39 is 0 Å². The Labute approximate surface area is 373 Å². The first-order valence-corrected chi connectivity index (χ1v) is 22.9. The molecule has 0 unspecified atom stereocenters. The summed E-state index contributed by atoms with van der Waals surface area (Å²) in [4.78, 5) is 66.7. The van der Waals surface area contributed by atoms with Gasteiger partial charge in [-0.25, -0.2) is 19.7 Å². The quantitative estimate of drug-likeness (QED) is 0.165. The summed E-state index contributed by atoms with van der Waals surface area (Å²) < 4.78 is 2.27. The molecule has 14 nitrogen and oxygen atoms in total. The van der Waals surface area contributed by atoms with Gasteiger partial charge in [0.15, 0.2) is 0 Å². The molecule has 3 saturated heterocycles.